The van der Waals surface area contributed by atoms with E-state index in [1.165, 1.54) is 0 Å². The Morgan fingerprint density at radius 2 is 1.65 bits per heavy atom. The van der Waals surface area contributed by atoms with Crippen LogP contribution < -0.4 is 0 Å². The maximum atomic E-state index is 12.5. The van der Waals surface area contributed by atoms with Crippen LogP contribution in [0.4, 0.5) is 0 Å². The molecule has 0 radical (unpaired) electrons. The number of esters is 1. The number of Topliss-reactive ketones (excluding diaryl/α,β-unsaturated/α-hetero) is 2. The highest BCUT2D eigenvalue weighted by molar-refractivity contribution is 8.29. The number of carbonyl (C=O) groups is 3. The average molecular weight is 343 g/mol. The first-order valence-corrected chi connectivity index (χ1v) is 8.31. The van der Waals surface area contributed by atoms with Crippen LogP contribution in [-0.2, 0) is 9.53 Å². The van der Waals surface area contributed by atoms with E-state index in [1.807, 2.05) is 0 Å². The highest BCUT2D eigenvalue weighted by Gasteiger charge is 2.39. The summed E-state index contributed by atoms with van der Waals surface area (Å²) < 4.78 is 5.15. The lowest BCUT2D eigenvalue weighted by molar-refractivity contribution is -0.138. The minimum Gasteiger partial charge on any atom is -0.462 e. The molecule has 114 valence electrons. The molecule has 0 spiro atoms. The van der Waals surface area contributed by atoms with Crippen molar-refractivity contribution in [2.24, 2.45) is 0 Å². The summed E-state index contributed by atoms with van der Waals surface area (Å²) in [5, 5.41) is 9.20. The molecule has 0 atom stereocenters. The first-order valence-electron chi connectivity index (χ1n) is 6.68. The molecule has 1 aliphatic carbocycles. The van der Waals surface area contributed by atoms with Gasteiger partial charge in [-0.3, -0.25) is 9.59 Å². The Labute approximate surface area is 140 Å². The number of allylic oxidation sites excluding steroid dienone is 2. The highest BCUT2D eigenvalue weighted by atomic mass is 32.2. The van der Waals surface area contributed by atoms with Gasteiger partial charge in [0.15, 0.2) is 5.57 Å². The summed E-state index contributed by atoms with van der Waals surface area (Å²) in [5.41, 5.74) is 0.515. The minimum absolute atomic E-state index is 0.142. The summed E-state index contributed by atoms with van der Waals surface area (Å²) in [6, 6.07) is 8.39. The van der Waals surface area contributed by atoms with Crippen LogP contribution in [0.5, 0.6) is 0 Å². The lowest BCUT2D eigenvalue weighted by Crippen LogP contribution is -2.17. The number of rotatable bonds is 2. The van der Waals surface area contributed by atoms with Gasteiger partial charge in [0.25, 0.3) is 0 Å². The van der Waals surface area contributed by atoms with E-state index in [2.05, 4.69) is 0 Å². The van der Waals surface area contributed by atoms with Gasteiger partial charge in [0, 0.05) is 11.1 Å². The van der Waals surface area contributed by atoms with Gasteiger partial charge < -0.3 is 4.74 Å². The van der Waals surface area contributed by atoms with Crippen molar-refractivity contribution in [1.29, 1.82) is 5.26 Å². The van der Waals surface area contributed by atoms with Crippen molar-refractivity contribution in [1.82, 2.24) is 0 Å². The van der Waals surface area contributed by atoms with Crippen LogP contribution in [0.25, 0.3) is 0 Å². The van der Waals surface area contributed by atoms with Gasteiger partial charge in [0.05, 0.1) is 20.7 Å². The standard InChI is InChI=1S/C16H9NO4S2/c1-2-21-15(20)10(7-17)16-22-13-11(18)8-5-3-4-6-9(8)12(19)14(13)23-16/h3-6H,2H2,1H3. The predicted molar refractivity (Wildman–Crippen MR) is 86.6 cm³/mol. The molecule has 0 unspecified atom stereocenters. The van der Waals surface area contributed by atoms with Gasteiger partial charge >= 0.3 is 5.97 Å². The summed E-state index contributed by atoms with van der Waals surface area (Å²) in [6.07, 6.45) is 0. The number of hydrogen-bond acceptors (Lipinski definition) is 7. The van der Waals surface area contributed by atoms with Gasteiger partial charge in [0.2, 0.25) is 11.6 Å². The Morgan fingerprint density at radius 3 is 2.09 bits per heavy atom. The van der Waals surface area contributed by atoms with Crippen molar-refractivity contribution in [3.8, 4) is 6.07 Å². The number of thioether (sulfide) groups is 2. The van der Waals surface area contributed by atoms with Gasteiger partial charge in [-0.05, 0) is 6.92 Å². The number of ether oxygens (including phenoxy) is 1. The fraction of sp³-hybridized carbons (Fsp3) is 0.125. The van der Waals surface area contributed by atoms with E-state index >= 15 is 0 Å². The average Bonchev–Trinajstić information content (AvgIpc) is 2.99. The fourth-order valence-electron chi connectivity index (χ4n) is 2.20. The third-order valence-electron chi connectivity index (χ3n) is 3.22. The molecule has 0 bridgehead atoms. The Hall–Kier alpha value is -2.30. The number of benzene rings is 1. The van der Waals surface area contributed by atoms with Crippen molar-refractivity contribution < 1.29 is 19.1 Å². The Bertz CT molecular complexity index is 812. The molecule has 0 saturated carbocycles. The van der Waals surface area contributed by atoms with E-state index in [0.717, 1.165) is 23.5 Å². The molecule has 5 nitrogen and oxygen atoms in total. The summed E-state index contributed by atoms with van der Waals surface area (Å²) >= 11 is 1.97. The van der Waals surface area contributed by atoms with E-state index in [1.54, 1.807) is 37.3 Å². The molecule has 0 saturated heterocycles. The number of nitrogens with zero attached hydrogens (tertiary/aromatic N) is 1. The van der Waals surface area contributed by atoms with E-state index in [0.29, 0.717) is 15.4 Å². The van der Waals surface area contributed by atoms with E-state index in [-0.39, 0.29) is 33.6 Å². The molecule has 3 rings (SSSR count). The number of carbonyl (C=O) groups excluding carboxylic acids is 3. The van der Waals surface area contributed by atoms with Gasteiger partial charge in [-0.25, -0.2) is 4.79 Å². The number of fused-ring (bicyclic) bond motifs is 1. The predicted octanol–water partition coefficient (Wildman–Crippen LogP) is 3.06. The molecule has 7 heteroatoms. The molecule has 0 fully saturated rings. The summed E-state index contributed by atoms with van der Waals surface area (Å²) in [5.74, 6) is -1.27. The van der Waals surface area contributed by atoms with Crippen LogP contribution in [0, 0.1) is 11.3 Å². The zero-order valence-electron chi connectivity index (χ0n) is 11.9. The molecule has 0 amide bonds. The number of nitriles is 1. The SMILES string of the molecule is CCOC(=O)C(C#N)=C1SC2=C(S1)C(=O)c1ccccc1C2=O. The first kappa shape index (κ1) is 15.6. The quantitative estimate of drug-likeness (QED) is 0.463. The second-order valence-corrected chi connectivity index (χ2v) is 6.86. The Morgan fingerprint density at radius 1 is 1.13 bits per heavy atom. The zero-order valence-corrected chi connectivity index (χ0v) is 13.5. The monoisotopic (exact) mass is 343 g/mol. The second-order valence-electron chi connectivity index (χ2n) is 4.56. The zero-order chi connectivity index (χ0) is 16.6. The van der Waals surface area contributed by atoms with Crippen LogP contribution in [0.15, 0.2) is 43.9 Å². The van der Waals surface area contributed by atoms with Gasteiger partial charge in [-0.1, -0.05) is 47.8 Å². The van der Waals surface area contributed by atoms with Crippen LogP contribution in [0.2, 0.25) is 0 Å². The molecule has 1 aromatic carbocycles. The van der Waals surface area contributed by atoms with E-state index in [4.69, 9.17) is 4.74 Å². The van der Waals surface area contributed by atoms with Gasteiger partial charge in [-0.2, -0.15) is 5.26 Å². The molecular formula is C16H9NO4S2. The maximum Gasteiger partial charge on any atom is 0.350 e. The first-order chi connectivity index (χ1) is 11.1. The normalized spacial score (nSPS) is 15.9. The summed E-state index contributed by atoms with van der Waals surface area (Å²) in [6.45, 7) is 1.78. The molecule has 1 aliphatic heterocycles. The van der Waals surface area contributed by atoms with Crippen molar-refractivity contribution in [2.45, 2.75) is 6.92 Å². The highest BCUT2D eigenvalue weighted by Crippen LogP contribution is 2.54. The molecular weight excluding hydrogens is 334 g/mol. The molecule has 1 heterocycles. The molecule has 0 N–H and O–H groups in total. The molecule has 23 heavy (non-hydrogen) atoms. The third kappa shape index (κ3) is 2.50. The topological polar surface area (TPSA) is 84.2 Å². The van der Waals surface area contributed by atoms with Crippen molar-refractivity contribution in [3.63, 3.8) is 0 Å². The van der Waals surface area contributed by atoms with Gasteiger partial charge in [-0.15, -0.1) is 0 Å². The van der Waals surface area contributed by atoms with Crippen molar-refractivity contribution >= 4 is 41.1 Å². The minimum atomic E-state index is -0.748. The summed E-state index contributed by atoms with van der Waals surface area (Å²) in [7, 11) is 0. The van der Waals surface area contributed by atoms with Crippen LogP contribution in [-0.4, -0.2) is 24.1 Å². The molecule has 0 aromatic heterocycles. The van der Waals surface area contributed by atoms with E-state index < -0.39 is 5.97 Å². The van der Waals surface area contributed by atoms with Gasteiger partial charge in [0.1, 0.15) is 6.07 Å². The van der Waals surface area contributed by atoms with E-state index in [9.17, 15) is 19.6 Å². The third-order valence-corrected chi connectivity index (χ3v) is 5.82. The van der Waals surface area contributed by atoms with Crippen molar-refractivity contribution in [3.05, 3.63) is 55.0 Å². The number of hydrogen-bond donors (Lipinski definition) is 0. The van der Waals surface area contributed by atoms with Crippen molar-refractivity contribution in [2.75, 3.05) is 6.61 Å². The van der Waals surface area contributed by atoms with Crippen LogP contribution >= 0.6 is 23.5 Å². The Balaban J connectivity index is 2.02. The van der Waals surface area contributed by atoms with Crippen LogP contribution in [0.1, 0.15) is 27.6 Å². The number of ketones is 2. The largest absolute Gasteiger partial charge is 0.462 e. The lowest BCUT2D eigenvalue weighted by atomic mass is 9.94. The second kappa shape index (κ2) is 6.07. The smallest absolute Gasteiger partial charge is 0.350 e. The maximum absolute atomic E-state index is 12.5. The molecule has 2 aliphatic rings. The van der Waals surface area contributed by atoms with Crippen LogP contribution in [0.3, 0.4) is 0 Å². The lowest BCUT2D eigenvalue weighted by Gasteiger charge is -2.13. The fourth-order valence-corrected chi connectivity index (χ4v) is 4.73. The Kier molecular flexibility index (Phi) is 4.11. The molecule has 1 aromatic rings. The summed E-state index contributed by atoms with van der Waals surface area (Å²) in [4.78, 5) is 37.4.